The highest BCUT2D eigenvalue weighted by Crippen LogP contribution is 2.28. The smallest absolute Gasteiger partial charge is 0.276 e. The summed E-state index contributed by atoms with van der Waals surface area (Å²) >= 11 is 6.71. The Kier molecular flexibility index (Phi) is 10.0. The van der Waals surface area contributed by atoms with E-state index in [0.717, 1.165) is 30.2 Å². The van der Waals surface area contributed by atoms with Crippen LogP contribution in [0.25, 0.3) is 0 Å². The number of benzene rings is 2. The predicted molar refractivity (Wildman–Crippen MR) is 119 cm³/mol. The van der Waals surface area contributed by atoms with E-state index in [2.05, 4.69) is 49.6 Å². The summed E-state index contributed by atoms with van der Waals surface area (Å²) in [5, 5.41) is 0. The van der Waals surface area contributed by atoms with Crippen LogP contribution in [0.2, 0.25) is 0 Å². The molecule has 2 aromatic carbocycles. The standard InChI is InChI=1S/C21H24Br2N2O4/c1-2-3-4-7-12-28-18-9-6-5-8-16(18)21(27)25-24-20(26)14-29-19-11-10-15(22)13-17(19)23/h5-6,8-11,13H,2-4,7,12,14H2,1H3,(H,24,26)(H,25,27). The number of hydrazine groups is 1. The molecule has 0 saturated carbocycles. The van der Waals surface area contributed by atoms with E-state index in [0.29, 0.717) is 28.1 Å². The van der Waals surface area contributed by atoms with Crippen LogP contribution in [-0.4, -0.2) is 25.0 Å². The summed E-state index contributed by atoms with van der Waals surface area (Å²) in [6.07, 6.45) is 4.34. The first-order valence-electron chi connectivity index (χ1n) is 9.40. The summed E-state index contributed by atoms with van der Waals surface area (Å²) in [5.74, 6) is 0.0840. The monoisotopic (exact) mass is 526 g/mol. The first-order valence-corrected chi connectivity index (χ1v) is 11.0. The quantitative estimate of drug-likeness (QED) is 0.336. The Morgan fingerprint density at radius 1 is 0.931 bits per heavy atom. The highest BCUT2D eigenvalue weighted by Gasteiger charge is 2.13. The van der Waals surface area contributed by atoms with Gasteiger partial charge in [-0.3, -0.25) is 20.4 Å². The molecule has 156 valence electrons. The van der Waals surface area contributed by atoms with Crippen molar-refractivity contribution >= 4 is 43.7 Å². The third-order valence-electron chi connectivity index (χ3n) is 3.96. The fourth-order valence-electron chi connectivity index (χ4n) is 2.46. The van der Waals surface area contributed by atoms with Crippen molar-refractivity contribution in [1.29, 1.82) is 0 Å². The Morgan fingerprint density at radius 3 is 2.48 bits per heavy atom. The van der Waals surface area contributed by atoms with Gasteiger partial charge in [0.15, 0.2) is 6.61 Å². The number of rotatable bonds is 10. The van der Waals surface area contributed by atoms with Crippen LogP contribution >= 0.6 is 31.9 Å². The Labute approximate surface area is 187 Å². The molecule has 8 heteroatoms. The fourth-order valence-corrected chi connectivity index (χ4v) is 3.62. The number of nitrogens with one attached hydrogen (secondary N) is 2. The van der Waals surface area contributed by atoms with Crippen molar-refractivity contribution in [2.45, 2.75) is 32.6 Å². The average Bonchev–Trinajstić information content (AvgIpc) is 2.71. The van der Waals surface area contributed by atoms with Gasteiger partial charge < -0.3 is 9.47 Å². The molecule has 0 heterocycles. The van der Waals surface area contributed by atoms with Gasteiger partial charge in [0.2, 0.25) is 0 Å². The molecule has 0 aromatic heterocycles. The number of unbranched alkanes of at least 4 members (excludes halogenated alkanes) is 3. The third kappa shape index (κ3) is 8.06. The molecule has 0 aliphatic rings. The molecule has 2 rings (SSSR count). The number of amides is 2. The zero-order chi connectivity index (χ0) is 21.1. The van der Waals surface area contributed by atoms with Gasteiger partial charge in [-0.05, 0) is 52.7 Å². The van der Waals surface area contributed by atoms with E-state index >= 15 is 0 Å². The van der Waals surface area contributed by atoms with Crippen LogP contribution in [0.1, 0.15) is 43.0 Å². The second-order valence-corrected chi connectivity index (χ2v) is 8.04. The molecule has 0 unspecified atom stereocenters. The van der Waals surface area contributed by atoms with Gasteiger partial charge in [-0.2, -0.15) is 0 Å². The van der Waals surface area contributed by atoms with Gasteiger partial charge in [-0.25, -0.2) is 0 Å². The van der Waals surface area contributed by atoms with Gasteiger partial charge in [-0.1, -0.05) is 54.2 Å². The molecule has 0 radical (unpaired) electrons. The lowest BCUT2D eigenvalue weighted by Gasteiger charge is -2.13. The third-order valence-corrected chi connectivity index (χ3v) is 5.07. The maximum atomic E-state index is 12.4. The molecule has 2 N–H and O–H groups in total. The topological polar surface area (TPSA) is 76.7 Å². The Bertz CT molecular complexity index is 830. The second kappa shape index (κ2) is 12.5. The summed E-state index contributed by atoms with van der Waals surface area (Å²) in [6.45, 7) is 2.46. The van der Waals surface area contributed by atoms with Crippen molar-refractivity contribution in [2.24, 2.45) is 0 Å². The highest BCUT2D eigenvalue weighted by molar-refractivity contribution is 9.11. The first kappa shape index (κ1) is 23.2. The molecule has 0 spiro atoms. The Balaban J connectivity index is 1.81. The zero-order valence-corrected chi connectivity index (χ0v) is 19.3. The number of halogens is 2. The molecule has 2 amide bonds. The second-order valence-electron chi connectivity index (χ2n) is 6.27. The van der Waals surface area contributed by atoms with Crippen molar-refractivity contribution in [3.8, 4) is 11.5 Å². The molecule has 0 bridgehead atoms. The van der Waals surface area contributed by atoms with Gasteiger partial charge >= 0.3 is 0 Å². The van der Waals surface area contributed by atoms with Crippen molar-refractivity contribution in [3.05, 3.63) is 57.0 Å². The predicted octanol–water partition coefficient (Wildman–Crippen LogP) is 5.01. The van der Waals surface area contributed by atoms with E-state index in [1.54, 1.807) is 36.4 Å². The maximum Gasteiger partial charge on any atom is 0.276 e. The summed E-state index contributed by atoms with van der Waals surface area (Å²) in [6, 6.07) is 12.3. The van der Waals surface area contributed by atoms with E-state index in [1.165, 1.54) is 0 Å². The SMILES string of the molecule is CCCCCCOc1ccccc1C(=O)NNC(=O)COc1ccc(Br)cc1Br. The number of ether oxygens (including phenoxy) is 2. The number of hydrogen-bond donors (Lipinski definition) is 2. The minimum absolute atomic E-state index is 0.240. The van der Waals surface area contributed by atoms with E-state index < -0.39 is 11.8 Å². The molecule has 0 fully saturated rings. The minimum atomic E-state index is -0.480. The van der Waals surface area contributed by atoms with Crippen LogP contribution in [0.15, 0.2) is 51.4 Å². The molecular formula is C21H24Br2N2O4. The fraction of sp³-hybridized carbons (Fsp3) is 0.333. The van der Waals surface area contributed by atoms with E-state index in [1.807, 2.05) is 6.07 Å². The molecule has 0 aliphatic carbocycles. The largest absolute Gasteiger partial charge is 0.493 e. The Morgan fingerprint density at radius 2 is 1.72 bits per heavy atom. The van der Waals surface area contributed by atoms with E-state index in [4.69, 9.17) is 9.47 Å². The van der Waals surface area contributed by atoms with Crippen molar-refractivity contribution in [3.63, 3.8) is 0 Å². The van der Waals surface area contributed by atoms with Crippen molar-refractivity contribution in [2.75, 3.05) is 13.2 Å². The van der Waals surface area contributed by atoms with Crippen LogP contribution < -0.4 is 20.3 Å². The molecule has 0 atom stereocenters. The van der Waals surface area contributed by atoms with Gasteiger partial charge in [0.05, 0.1) is 16.6 Å². The molecule has 0 saturated heterocycles. The summed E-state index contributed by atoms with van der Waals surface area (Å²) in [5.41, 5.74) is 5.10. The number of carbonyl (C=O) groups is 2. The van der Waals surface area contributed by atoms with Gasteiger partial charge in [0.25, 0.3) is 11.8 Å². The molecular weight excluding hydrogens is 504 g/mol. The lowest BCUT2D eigenvalue weighted by atomic mass is 10.2. The summed E-state index contributed by atoms with van der Waals surface area (Å²) in [4.78, 5) is 24.4. The van der Waals surface area contributed by atoms with Gasteiger partial charge in [0, 0.05) is 4.47 Å². The normalized spacial score (nSPS) is 10.3. The van der Waals surface area contributed by atoms with Crippen LogP contribution in [0.3, 0.4) is 0 Å². The van der Waals surface area contributed by atoms with Crippen LogP contribution in [0.5, 0.6) is 11.5 Å². The highest BCUT2D eigenvalue weighted by atomic mass is 79.9. The zero-order valence-electron chi connectivity index (χ0n) is 16.2. The van der Waals surface area contributed by atoms with Crippen molar-refractivity contribution in [1.82, 2.24) is 10.9 Å². The average molecular weight is 528 g/mol. The molecule has 6 nitrogen and oxygen atoms in total. The number of hydrogen-bond acceptors (Lipinski definition) is 4. The van der Waals surface area contributed by atoms with Crippen molar-refractivity contribution < 1.29 is 19.1 Å². The number of para-hydroxylation sites is 1. The summed E-state index contributed by atoms with van der Waals surface area (Å²) < 4.78 is 12.8. The molecule has 0 aliphatic heterocycles. The van der Waals surface area contributed by atoms with Gasteiger partial charge in [-0.15, -0.1) is 0 Å². The van der Waals surface area contributed by atoms with Crippen LogP contribution in [0, 0.1) is 0 Å². The van der Waals surface area contributed by atoms with E-state index in [9.17, 15) is 9.59 Å². The molecule has 29 heavy (non-hydrogen) atoms. The minimum Gasteiger partial charge on any atom is -0.493 e. The Hall–Kier alpha value is -2.06. The molecule has 2 aromatic rings. The maximum absolute atomic E-state index is 12.4. The van der Waals surface area contributed by atoms with Gasteiger partial charge in [0.1, 0.15) is 11.5 Å². The first-order chi connectivity index (χ1) is 14.0. The number of carbonyl (C=O) groups excluding carboxylic acids is 2. The lowest BCUT2D eigenvalue weighted by molar-refractivity contribution is -0.123. The van der Waals surface area contributed by atoms with E-state index in [-0.39, 0.29) is 6.61 Å². The van der Waals surface area contributed by atoms with Crippen LogP contribution in [0.4, 0.5) is 0 Å². The van der Waals surface area contributed by atoms with Crippen LogP contribution in [-0.2, 0) is 4.79 Å². The lowest BCUT2D eigenvalue weighted by Crippen LogP contribution is -2.44. The summed E-state index contributed by atoms with van der Waals surface area (Å²) in [7, 11) is 0.